The number of rotatable bonds is 6. The van der Waals surface area contributed by atoms with Crippen molar-refractivity contribution in [2.45, 2.75) is 44.4 Å². The standard InChI is InChI=1S/C19H25N3O3/c1-25-17-5-2-13(10-15(17)11-20)12-22-8-6-14(7-9-22)18(23)19(24)21-16-3-4-16/h2,5,10,14,16,18,23H,3-4,6-9,12H2,1H3,(H,21,24)/t18-/m0/s1. The first-order valence-electron chi connectivity index (χ1n) is 8.88. The summed E-state index contributed by atoms with van der Waals surface area (Å²) in [6, 6.07) is 8.11. The van der Waals surface area contributed by atoms with Crippen molar-refractivity contribution < 1.29 is 14.6 Å². The Hall–Kier alpha value is -2.10. The van der Waals surface area contributed by atoms with Crippen LogP contribution in [0.1, 0.15) is 36.8 Å². The van der Waals surface area contributed by atoms with E-state index in [0.717, 1.165) is 50.9 Å². The number of aliphatic hydroxyl groups excluding tert-OH is 1. The van der Waals surface area contributed by atoms with Gasteiger partial charge in [-0.15, -0.1) is 0 Å². The summed E-state index contributed by atoms with van der Waals surface area (Å²) < 4.78 is 5.17. The Morgan fingerprint density at radius 2 is 2.12 bits per heavy atom. The third-order valence-corrected chi connectivity index (χ3v) is 5.06. The second-order valence-corrected chi connectivity index (χ2v) is 6.99. The van der Waals surface area contributed by atoms with Crippen LogP contribution in [0, 0.1) is 17.2 Å². The summed E-state index contributed by atoms with van der Waals surface area (Å²) in [6.07, 6.45) is 2.78. The minimum Gasteiger partial charge on any atom is -0.495 e. The van der Waals surface area contributed by atoms with E-state index in [2.05, 4.69) is 16.3 Å². The van der Waals surface area contributed by atoms with Crippen molar-refractivity contribution in [1.82, 2.24) is 10.2 Å². The monoisotopic (exact) mass is 343 g/mol. The number of ether oxygens (including phenoxy) is 1. The van der Waals surface area contributed by atoms with Crippen LogP contribution in [0.15, 0.2) is 18.2 Å². The van der Waals surface area contributed by atoms with E-state index in [1.54, 1.807) is 7.11 Å². The molecule has 1 saturated carbocycles. The van der Waals surface area contributed by atoms with Gasteiger partial charge in [-0.05, 0) is 62.4 Å². The summed E-state index contributed by atoms with van der Waals surface area (Å²) in [4.78, 5) is 14.3. The van der Waals surface area contributed by atoms with Crippen molar-refractivity contribution in [3.63, 3.8) is 0 Å². The summed E-state index contributed by atoms with van der Waals surface area (Å²) in [7, 11) is 1.56. The molecule has 25 heavy (non-hydrogen) atoms. The second kappa shape index (κ2) is 7.85. The summed E-state index contributed by atoms with van der Waals surface area (Å²) in [5.74, 6) is 0.407. The number of amides is 1. The predicted molar refractivity (Wildman–Crippen MR) is 92.9 cm³/mol. The Morgan fingerprint density at radius 1 is 1.40 bits per heavy atom. The number of nitrogens with one attached hydrogen (secondary N) is 1. The number of carbonyl (C=O) groups excluding carboxylic acids is 1. The number of likely N-dealkylation sites (tertiary alicyclic amines) is 1. The van der Waals surface area contributed by atoms with Gasteiger partial charge in [0.05, 0.1) is 12.7 Å². The van der Waals surface area contributed by atoms with E-state index in [1.807, 2.05) is 18.2 Å². The predicted octanol–water partition coefficient (Wildman–Crippen LogP) is 1.42. The maximum Gasteiger partial charge on any atom is 0.249 e. The van der Waals surface area contributed by atoms with Gasteiger partial charge in [-0.2, -0.15) is 5.26 Å². The molecule has 1 aromatic rings. The van der Waals surface area contributed by atoms with Crippen LogP contribution in [0.25, 0.3) is 0 Å². The molecule has 1 aromatic carbocycles. The molecule has 3 rings (SSSR count). The summed E-state index contributed by atoms with van der Waals surface area (Å²) in [5, 5.41) is 22.3. The minimum absolute atomic E-state index is 0.0283. The number of carbonyl (C=O) groups is 1. The highest BCUT2D eigenvalue weighted by molar-refractivity contribution is 5.81. The lowest BCUT2D eigenvalue weighted by molar-refractivity contribution is -0.133. The molecule has 0 radical (unpaired) electrons. The molecule has 1 heterocycles. The molecule has 2 fully saturated rings. The van der Waals surface area contributed by atoms with Crippen molar-refractivity contribution in [3.8, 4) is 11.8 Å². The van der Waals surface area contributed by atoms with Gasteiger partial charge >= 0.3 is 0 Å². The Balaban J connectivity index is 1.50. The fourth-order valence-electron chi connectivity index (χ4n) is 3.35. The van der Waals surface area contributed by atoms with Gasteiger partial charge in [-0.3, -0.25) is 9.69 Å². The summed E-state index contributed by atoms with van der Waals surface area (Å²) >= 11 is 0. The average molecular weight is 343 g/mol. The number of methoxy groups -OCH3 is 1. The van der Waals surface area contributed by atoms with Crippen molar-refractivity contribution in [2.75, 3.05) is 20.2 Å². The van der Waals surface area contributed by atoms with Crippen LogP contribution in [-0.4, -0.2) is 48.3 Å². The minimum atomic E-state index is -0.895. The number of benzene rings is 1. The molecule has 1 aliphatic carbocycles. The zero-order chi connectivity index (χ0) is 17.8. The number of aliphatic hydroxyl groups is 1. The molecule has 1 amide bonds. The van der Waals surface area contributed by atoms with Crippen LogP contribution >= 0.6 is 0 Å². The Bertz CT molecular complexity index is 658. The lowest BCUT2D eigenvalue weighted by Gasteiger charge is -2.33. The number of hydrogen-bond acceptors (Lipinski definition) is 5. The highest BCUT2D eigenvalue weighted by Gasteiger charge is 2.32. The molecular formula is C19H25N3O3. The maximum atomic E-state index is 12.0. The molecule has 6 nitrogen and oxygen atoms in total. The zero-order valence-electron chi connectivity index (χ0n) is 14.6. The van der Waals surface area contributed by atoms with Gasteiger partial charge in [0, 0.05) is 12.6 Å². The lowest BCUT2D eigenvalue weighted by atomic mass is 9.90. The molecule has 0 unspecified atom stereocenters. The fourth-order valence-corrected chi connectivity index (χ4v) is 3.35. The average Bonchev–Trinajstić information content (AvgIpc) is 3.45. The molecule has 2 aliphatic rings. The van der Waals surface area contributed by atoms with E-state index in [0.29, 0.717) is 11.3 Å². The molecule has 2 N–H and O–H groups in total. The topological polar surface area (TPSA) is 85.6 Å². The second-order valence-electron chi connectivity index (χ2n) is 6.99. The van der Waals surface area contributed by atoms with E-state index in [-0.39, 0.29) is 17.9 Å². The van der Waals surface area contributed by atoms with Crippen LogP contribution in [0.5, 0.6) is 5.75 Å². The molecule has 134 valence electrons. The van der Waals surface area contributed by atoms with E-state index in [1.165, 1.54) is 0 Å². The quantitative estimate of drug-likeness (QED) is 0.816. The van der Waals surface area contributed by atoms with E-state index < -0.39 is 6.10 Å². The van der Waals surface area contributed by atoms with Gasteiger partial charge in [0.1, 0.15) is 17.9 Å². The van der Waals surface area contributed by atoms with Gasteiger partial charge in [0.2, 0.25) is 5.91 Å². The first kappa shape index (κ1) is 17.7. The molecular weight excluding hydrogens is 318 g/mol. The van der Waals surface area contributed by atoms with Crippen LogP contribution in [0.2, 0.25) is 0 Å². The van der Waals surface area contributed by atoms with Gasteiger partial charge in [0.15, 0.2) is 0 Å². The van der Waals surface area contributed by atoms with Crippen molar-refractivity contribution in [1.29, 1.82) is 5.26 Å². The van der Waals surface area contributed by atoms with Crippen molar-refractivity contribution in [2.24, 2.45) is 5.92 Å². The lowest BCUT2D eigenvalue weighted by Crippen LogP contribution is -2.44. The largest absolute Gasteiger partial charge is 0.495 e. The maximum absolute atomic E-state index is 12.0. The normalized spacial score (nSPS) is 19.9. The summed E-state index contributed by atoms with van der Waals surface area (Å²) in [6.45, 7) is 2.44. The Labute approximate surface area is 148 Å². The zero-order valence-corrected chi connectivity index (χ0v) is 14.6. The van der Waals surface area contributed by atoms with Gasteiger partial charge in [-0.25, -0.2) is 0 Å². The molecule has 1 saturated heterocycles. The third-order valence-electron chi connectivity index (χ3n) is 5.06. The Morgan fingerprint density at radius 3 is 2.72 bits per heavy atom. The number of piperidine rings is 1. The SMILES string of the molecule is COc1ccc(CN2CCC([C@H](O)C(=O)NC3CC3)CC2)cc1C#N. The number of nitrogens with zero attached hydrogens (tertiary/aromatic N) is 2. The molecule has 1 atom stereocenters. The van der Waals surface area contributed by atoms with Gasteiger partial charge < -0.3 is 15.2 Å². The molecule has 0 bridgehead atoms. The first-order chi connectivity index (χ1) is 12.1. The highest BCUT2D eigenvalue weighted by Crippen LogP contribution is 2.25. The molecule has 1 aliphatic heterocycles. The van der Waals surface area contributed by atoms with Crippen molar-refractivity contribution >= 4 is 5.91 Å². The highest BCUT2D eigenvalue weighted by atomic mass is 16.5. The summed E-state index contributed by atoms with van der Waals surface area (Å²) in [5.41, 5.74) is 1.62. The van der Waals surface area contributed by atoms with E-state index in [4.69, 9.17) is 4.74 Å². The van der Waals surface area contributed by atoms with Gasteiger partial charge in [0.25, 0.3) is 0 Å². The molecule has 6 heteroatoms. The van der Waals surface area contributed by atoms with Crippen LogP contribution in [0.3, 0.4) is 0 Å². The van der Waals surface area contributed by atoms with Gasteiger partial charge in [-0.1, -0.05) is 6.07 Å². The van der Waals surface area contributed by atoms with Crippen LogP contribution in [0.4, 0.5) is 0 Å². The fraction of sp³-hybridized carbons (Fsp3) is 0.579. The smallest absolute Gasteiger partial charge is 0.249 e. The van der Waals surface area contributed by atoms with Crippen LogP contribution < -0.4 is 10.1 Å². The van der Waals surface area contributed by atoms with Crippen molar-refractivity contribution in [3.05, 3.63) is 29.3 Å². The third kappa shape index (κ3) is 4.50. The Kier molecular flexibility index (Phi) is 5.57. The first-order valence-corrected chi connectivity index (χ1v) is 8.88. The van der Waals surface area contributed by atoms with E-state index >= 15 is 0 Å². The van der Waals surface area contributed by atoms with Crippen LogP contribution in [-0.2, 0) is 11.3 Å². The number of hydrogen-bond donors (Lipinski definition) is 2. The number of nitriles is 1. The molecule has 0 aromatic heterocycles. The van der Waals surface area contributed by atoms with E-state index in [9.17, 15) is 15.2 Å². The molecule has 0 spiro atoms.